The number of carbonyl (C=O) groups excluding carboxylic acids is 1. The number of rotatable bonds is 5. The van der Waals surface area contributed by atoms with E-state index in [1.807, 2.05) is 5.32 Å². The van der Waals surface area contributed by atoms with Crippen molar-refractivity contribution in [3.05, 3.63) is 72.1 Å². The Balaban J connectivity index is 1.49. The van der Waals surface area contributed by atoms with E-state index in [9.17, 15) is 26.7 Å². The van der Waals surface area contributed by atoms with Crippen LogP contribution < -0.4 is 20.3 Å². The molecule has 0 saturated carbocycles. The van der Waals surface area contributed by atoms with Crippen molar-refractivity contribution in [1.29, 1.82) is 0 Å². The Labute approximate surface area is 200 Å². The lowest BCUT2D eigenvalue weighted by atomic mass is 10.2. The monoisotopic (exact) mass is 504 g/mol. The maximum atomic E-state index is 14.6. The molecular formula is C23H17F5N6O2. The van der Waals surface area contributed by atoms with Crippen LogP contribution in [-0.2, 0) is 6.18 Å². The molecule has 0 bridgehead atoms. The standard InChI is InChI=1S/C23H17F5N6O2/c1-34(2)19-11-30-20-18(7-8-29-21(20)33-19)36-13-4-6-16(15(25)10-13)31-22(35)32-17-9-12(23(26,27)28)3-5-14(17)24/h3-11H,1-2H3,(H2,31,32,35). The fraction of sp³-hybridized carbons (Fsp3) is 0.130. The van der Waals surface area contributed by atoms with Crippen LogP contribution in [0.4, 0.5) is 43.9 Å². The van der Waals surface area contributed by atoms with Crippen molar-refractivity contribution in [2.24, 2.45) is 0 Å². The van der Waals surface area contributed by atoms with Crippen LogP contribution in [0.2, 0.25) is 0 Å². The maximum Gasteiger partial charge on any atom is 0.416 e. The van der Waals surface area contributed by atoms with Crippen molar-refractivity contribution in [3.63, 3.8) is 0 Å². The van der Waals surface area contributed by atoms with Gasteiger partial charge in [0, 0.05) is 32.4 Å². The van der Waals surface area contributed by atoms with Gasteiger partial charge in [-0.25, -0.2) is 28.5 Å². The Kier molecular flexibility index (Phi) is 6.55. The second-order valence-corrected chi connectivity index (χ2v) is 7.62. The maximum absolute atomic E-state index is 14.6. The van der Waals surface area contributed by atoms with E-state index in [0.29, 0.717) is 35.2 Å². The Hall–Kier alpha value is -4.55. The number of nitrogens with one attached hydrogen (secondary N) is 2. The highest BCUT2D eigenvalue weighted by Crippen LogP contribution is 2.32. The molecule has 13 heteroatoms. The molecule has 2 aromatic carbocycles. The number of ether oxygens (including phenoxy) is 1. The second kappa shape index (κ2) is 9.60. The largest absolute Gasteiger partial charge is 0.455 e. The summed E-state index contributed by atoms with van der Waals surface area (Å²) >= 11 is 0. The van der Waals surface area contributed by atoms with Gasteiger partial charge in [0.1, 0.15) is 23.2 Å². The normalized spacial score (nSPS) is 11.3. The van der Waals surface area contributed by atoms with Gasteiger partial charge in [-0.2, -0.15) is 13.2 Å². The number of hydrogen-bond acceptors (Lipinski definition) is 6. The van der Waals surface area contributed by atoms with Crippen LogP contribution in [0.1, 0.15) is 5.56 Å². The summed E-state index contributed by atoms with van der Waals surface area (Å²) in [5, 5.41) is 4.05. The number of alkyl halides is 3. The van der Waals surface area contributed by atoms with Crippen LogP contribution >= 0.6 is 0 Å². The van der Waals surface area contributed by atoms with E-state index >= 15 is 0 Å². The average Bonchev–Trinajstić information content (AvgIpc) is 2.81. The van der Waals surface area contributed by atoms with Crippen LogP contribution in [0.5, 0.6) is 11.5 Å². The van der Waals surface area contributed by atoms with Gasteiger partial charge in [0.25, 0.3) is 0 Å². The minimum absolute atomic E-state index is 0.0633. The summed E-state index contributed by atoms with van der Waals surface area (Å²) in [5.41, 5.74) is -1.53. The van der Waals surface area contributed by atoms with E-state index in [1.54, 1.807) is 19.0 Å². The zero-order valence-corrected chi connectivity index (χ0v) is 18.7. The molecule has 0 aliphatic rings. The molecule has 0 unspecified atom stereocenters. The Morgan fingerprint density at radius 2 is 1.69 bits per heavy atom. The molecule has 0 radical (unpaired) electrons. The van der Waals surface area contributed by atoms with Crippen molar-refractivity contribution in [3.8, 4) is 11.5 Å². The van der Waals surface area contributed by atoms with Crippen LogP contribution in [0.15, 0.2) is 54.9 Å². The lowest BCUT2D eigenvalue weighted by Gasteiger charge is -2.13. The molecule has 0 saturated heterocycles. The van der Waals surface area contributed by atoms with Crippen LogP contribution in [-0.4, -0.2) is 35.1 Å². The van der Waals surface area contributed by atoms with Crippen molar-refractivity contribution in [2.75, 3.05) is 29.6 Å². The summed E-state index contributed by atoms with van der Waals surface area (Å²) in [6, 6.07) is 5.42. The van der Waals surface area contributed by atoms with Crippen molar-refractivity contribution in [1.82, 2.24) is 15.0 Å². The van der Waals surface area contributed by atoms with Gasteiger partial charge in [-0.05, 0) is 30.3 Å². The summed E-state index contributed by atoms with van der Waals surface area (Å²) in [4.78, 5) is 26.7. The number of amides is 2. The SMILES string of the molecule is CN(C)c1cnc2c(Oc3ccc(NC(=O)Nc4cc(C(F)(F)F)ccc4F)c(F)c3)ccnc2n1. The third-order valence-corrected chi connectivity index (χ3v) is 4.81. The molecule has 186 valence electrons. The molecule has 2 N–H and O–H groups in total. The van der Waals surface area contributed by atoms with E-state index in [0.717, 1.165) is 6.07 Å². The smallest absolute Gasteiger partial charge is 0.416 e. The van der Waals surface area contributed by atoms with Crippen molar-refractivity contribution >= 4 is 34.4 Å². The summed E-state index contributed by atoms with van der Waals surface area (Å²) in [7, 11) is 3.59. The van der Waals surface area contributed by atoms with E-state index in [1.165, 1.54) is 30.6 Å². The van der Waals surface area contributed by atoms with Gasteiger partial charge in [-0.15, -0.1) is 0 Å². The number of anilines is 3. The summed E-state index contributed by atoms with van der Waals surface area (Å²) in [6.07, 6.45) is -1.76. The fourth-order valence-electron chi connectivity index (χ4n) is 3.05. The zero-order chi connectivity index (χ0) is 26.0. The van der Waals surface area contributed by atoms with Gasteiger partial charge >= 0.3 is 12.2 Å². The van der Waals surface area contributed by atoms with Gasteiger partial charge < -0.3 is 20.3 Å². The number of hydrogen-bond donors (Lipinski definition) is 2. The first-order valence-electron chi connectivity index (χ1n) is 10.2. The minimum atomic E-state index is -4.73. The predicted molar refractivity (Wildman–Crippen MR) is 122 cm³/mol. The number of halogens is 5. The molecule has 8 nitrogen and oxygen atoms in total. The number of benzene rings is 2. The van der Waals surface area contributed by atoms with Crippen LogP contribution in [0.3, 0.4) is 0 Å². The number of pyridine rings is 1. The zero-order valence-electron chi connectivity index (χ0n) is 18.7. The molecule has 0 aliphatic carbocycles. The van der Waals surface area contributed by atoms with Gasteiger partial charge in [0.15, 0.2) is 16.9 Å². The minimum Gasteiger partial charge on any atom is -0.455 e. The average molecular weight is 504 g/mol. The molecular weight excluding hydrogens is 487 g/mol. The Bertz CT molecular complexity index is 1440. The first-order valence-corrected chi connectivity index (χ1v) is 10.2. The molecule has 2 heterocycles. The molecule has 0 fully saturated rings. The lowest BCUT2D eigenvalue weighted by Crippen LogP contribution is -2.21. The number of fused-ring (bicyclic) bond motifs is 1. The third kappa shape index (κ3) is 5.40. The molecule has 4 aromatic rings. The van der Waals surface area contributed by atoms with E-state index in [-0.39, 0.29) is 17.2 Å². The van der Waals surface area contributed by atoms with Gasteiger partial charge in [-0.3, -0.25) is 0 Å². The molecule has 0 spiro atoms. The summed E-state index contributed by atoms with van der Waals surface area (Å²) in [5.74, 6) is -1.10. The summed E-state index contributed by atoms with van der Waals surface area (Å²) in [6.45, 7) is 0. The molecule has 0 aliphatic heterocycles. The van der Waals surface area contributed by atoms with E-state index < -0.39 is 35.1 Å². The molecule has 36 heavy (non-hydrogen) atoms. The number of urea groups is 1. The quantitative estimate of drug-likeness (QED) is 0.333. The number of carbonyl (C=O) groups is 1. The topological polar surface area (TPSA) is 92.3 Å². The lowest BCUT2D eigenvalue weighted by molar-refractivity contribution is -0.137. The highest BCUT2D eigenvalue weighted by atomic mass is 19.4. The van der Waals surface area contributed by atoms with Crippen LogP contribution in [0, 0.1) is 11.6 Å². The summed E-state index contributed by atoms with van der Waals surface area (Å²) < 4.78 is 72.7. The van der Waals surface area contributed by atoms with Crippen molar-refractivity contribution < 1.29 is 31.5 Å². The van der Waals surface area contributed by atoms with E-state index in [2.05, 4.69) is 20.3 Å². The Morgan fingerprint density at radius 1 is 0.944 bits per heavy atom. The van der Waals surface area contributed by atoms with Crippen molar-refractivity contribution in [2.45, 2.75) is 6.18 Å². The van der Waals surface area contributed by atoms with Gasteiger partial charge in [0.2, 0.25) is 0 Å². The first-order chi connectivity index (χ1) is 17.0. The highest BCUT2D eigenvalue weighted by molar-refractivity contribution is 6.00. The predicted octanol–water partition coefficient (Wildman–Crippen LogP) is 5.82. The third-order valence-electron chi connectivity index (χ3n) is 4.81. The van der Waals surface area contributed by atoms with Crippen LogP contribution in [0.25, 0.3) is 11.2 Å². The molecule has 4 rings (SSSR count). The fourth-order valence-corrected chi connectivity index (χ4v) is 3.05. The van der Waals surface area contributed by atoms with E-state index in [4.69, 9.17) is 4.74 Å². The van der Waals surface area contributed by atoms with Gasteiger partial charge in [0.05, 0.1) is 23.1 Å². The van der Waals surface area contributed by atoms with Gasteiger partial charge in [-0.1, -0.05) is 0 Å². The number of aromatic nitrogens is 3. The number of nitrogens with zero attached hydrogens (tertiary/aromatic N) is 4. The second-order valence-electron chi connectivity index (χ2n) is 7.62. The first kappa shape index (κ1) is 24.6. The molecule has 2 aromatic heterocycles. The Morgan fingerprint density at radius 3 is 2.39 bits per heavy atom. The molecule has 0 atom stereocenters. The molecule has 2 amide bonds. The highest BCUT2D eigenvalue weighted by Gasteiger charge is 2.31.